The van der Waals surface area contributed by atoms with E-state index >= 15 is 0 Å². The van der Waals surface area contributed by atoms with Gasteiger partial charge in [-0.25, -0.2) is 13.7 Å². The normalized spacial score (nSPS) is 10.4. The monoisotopic (exact) mass is 366 g/mol. The van der Waals surface area contributed by atoms with Crippen LogP contribution in [0.1, 0.15) is 2.85 Å². The minimum absolute atomic E-state index is 0. The van der Waals surface area contributed by atoms with E-state index in [9.17, 15) is 0 Å². The van der Waals surface area contributed by atoms with Crippen LogP contribution < -0.4 is 0 Å². The van der Waals surface area contributed by atoms with Gasteiger partial charge in [-0.1, -0.05) is 0 Å². The molecule has 0 aromatic carbocycles. The summed E-state index contributed by atoms with van der Waals surface area (Å²) in [5, 5.41) is 0. The molecule has 0 unspecified atom stereocenters. The van der Waals surface area contributed by atoms with E-state index < -0.39 is 23.5 Å². The second-order valence-electron chi connectivity index (χ2n) is 1.54. The van der Waals surface area contributed by atoms with E-state index in [1.54, 1.807) is 0 Å². The van der Waals surface area contributed by atoms with Crippen molar-refractivity contribution in [2.45, 2.75) is 0 Å². The number of hydrogen-bond donors (Lipinski definition) is 9. The van der Waals surface area contributed by atoms with E-state index in [-0.39, 0.29) is 58.0 Å². The van der Waals surface area contributed by atoms with E-state index in [4.69, 9.17) is 57.7 Å². The summed E-state index contributed by atoms with van der Waals surface area (Å²) in [5.41, 5.74) is 0. The maximum absolute atomic E-state index is 8.88. The first kappa shape index (κ1) is 31.5. The van der Waals surface area contributed by atoms with Crippen molar-refractivity contribution < 1.29 is 60.6 Å². The predicted octanol–water partition coefficient (Wildman–Crippen LogP) is -4.13. The van der Waals surface area contributed by atoms with Crippen molar-refractivity contribution in [2.24, 2.45) is 0 Å². The van der Waals surface area contributed by atoms with Gasteiger partial charge in [0.1, 0.15) is 0 Å². The van der Waals surface area contributed by atoms with Crippen LogP contribution in [-0.4, -0.2) is 99.1 Å². The van der Waals surface area contributed by atoms with Gasteiger partial charge in [0.15, 0.2) is 17.4 Å². The van der Waals surface area contributed by atoms with Gasteiger partial charge in [0.2, 0.25) is 0 Å². The third kappa shape index (κ3) is 1050. The molecule has 0 saturated heterocycles. The van der Waals surface area contributed by atoms with Gasteiger partial charge in [-0.2, -0.15) is 0 Å². The molecule has 12 nitrogen and oxygen atoms in total. The minimum Gasteiger partial charge on any atom is -1.00 e. The summed E-state index contributed by atoms with van der Waals surface area (Å²) in [6.07, 6.45) is 0. The molecule has 0 fully saturated rings. The molecule has 0 aliphatic rings. The van der Waals surface area contributed by atoms with Gasteiger partial charge in [0, 0.05) is 0 Å². The Morgan fingerprint density at radius 3 is 0.529 bits per heavy atom. The molecule has 0 saturated carbocycles. The van der Waals surface area contributed by atoms with Crippen molar-refractivity contribution in [1.82, 2.24) is 0 Å². The minimum atomic E-state index is -4.64. The summed E-state index contributed by atoms with van der Waals surface area (Å²) >= 11 is 0. The quantitative estimate of drug-likeness (QED) is 0.147. The molecule has 106 valence electrons. The van der Waals surface area contributed by atoms with Crippen LogP contribution >= 0.6 is 23.5 Å². The summed E-state index contributed by atoms with van der Waals surface area (Å²) in [5.74, 6) is 0. The molecule has 17 heavy (non-hydrogen) atoms. The van der Waals surface area contributed by atoms with Crippen LogP contribution in [-0.2, 0) is 13.7 Å². The van der Waals surface area contributed by atoms with Crippen LogP contribution in [0.5, 0.6) is 0 Å². The first-order valence-corrected chi connectivity index (χ1v) is 7.04. The van der Waals surface area contributed by atoms with Crippen LogP contribution in [0.3, 0.4) is 0 Å². The number of phosphoric acid groups is 3. The molecule has 0 aliphatic carbocycles. The second-order valence-corrected chi connectivity index (χ2v) is 4.62. The summed E-state index contributed by atoms with van der Waals surface area (Å²) in [6.45, 7) is 0. The van der Waals surface area contributed by atoms with Crippen LogP contribution in [0.25, 0.3) is 0 Å². The van der Waals surface area contributed by atoms with Crippen LogP contribution in [0.2, 0.25) is 0 Å². The third-order valence-electron chi connectivity index (χ3n) is 0. The molecule has 0 aromatic rings. The molecular weight excluding hydrogens is 352 g/mol. The summed E-state index contributed by atoms with van der Waals surface area (Å²) in [6, 6.07) is 0. The van der Waals surface area contributed by atoms with Crippen LogP contribution in [0.4, 0.5) is 0 Å². The zero-order valence-corrected chi connectivity index (χ0v) is 12.2. The molecular formula is H14AlCaO12P3. The molecule has 17 heteroatoms. The van der Waals surface area contributed by atoms with Crippen LogP contribution in [0.15, 0.2) is 0 Å². The van der Waals surface area contributed by atoms with Gasteiger partial charge in [-0.3, -0.25) is 0 Å². The molecule has 0 heterocycles. The summed E-state index contributed by atoms with van der Waals surface area (Å²) < 4.78 is 26.6. The Hall–Kier alpha value is 2.12. The van der Waals surface area contributed by atoms with Crippen molar-refractivity contribution in [2.75, 3.05) is 0 Å². The van der Waals surface area contributed by atoms with Crippen molar-refractivity contribution in [3.8, 4) is 0 Å². The fourth-order valence-corrected chi connectivity index (χ4v) is 0. The third-order valence-corrected chi connectivity index (χ3v) is 0. The molecule has 0 spiro atoms. The SMILES string of the molecule is O=P(O)(O)O.O=P(O)(O)O.O=P(O)(O)O.[AlH3].[Ca+2].[H-].[H-]. The van der Waals surface area contributed by atoms with E-state index in [0.717, 1.165) is 0 Å². The zero-order chi connectivity index (χ0) is 13.5. The maximum Gasteiger partial charge on any atom is 2.00 e. The average Bonchev–Trinajstić information content (AvgIpc) is 1.41. The van der Waals surface area contributed by atoms with Gasteiger partial charge in [-0.15, -0.1) is 0 Å². The Kier molecular flexibility index (Phi) is 24.3. The standard InChI is InChI=1S/Al.Ca.3H3O4P.5H/c;;3*1-5(2,3)4;;;;;/h;;3*(H3,1,2,3,4);;;;;/q;+2;;;;;;;2*-1. The summed E-state index contributed by atoms with van der Waals surface area (Å²) in [7, 11) is -13.9. The molecule has 0 aromatic heterocycles. The van der Waals surface area contributed by atoms with E-state index in [1.165, 1.54) is 0 Å². The van der Waals surface area contributed by atoms with Crippen molar-refractivity contribution in [1.29, 1.82) is 0 Å². The largest absolute Gasteiger partial charge is 2.00 e. The van der Waals surface area contributed by atoms with Gasteiger partial charge in [-0.05, 0) is 0 Å². The Labute approximate surface area is 138 Å². The molecule has 0 aliphatic heterocycles. The van der Waals surface area contributed by atoms with Crippen LogP contribution in [0, 0.1) is 0 Å². The Morgan fingerprint density at radius 2 is 0.529 bits per heavy atom. The zero-order valence-electron chi connectivity index (χ0n) is 9.30. The molecule has 9 N–H and O–H groups in total. The van der Waals surface area contributed by atoms with Gasteiger partial charge >= 0.3 is 61.2 Å². The number of hydrogen-bond acceptors (Lipinski definition) is 3. The second kappa shape index (κ2) is 13.1. The topological polar surface area (TPSA) is 233 Å². The number of rotatable bonds is 0. The first-order chi connectivity index (χ1) is 6.00. The molecule has 0 atom stereocenters. The molecule has 0 bridgehead atoms. The average molecular weight is 366 g/mol. The molecule has 0 rings (SSSR count). The Balaban J connectivity index is -0.0000000206. The fraction of sp³-hybridized carbons (Fsp3) is 0. The molecule has 0 radical (unpaired) electrons. The van der Waals surface area contributed by atoms with Gasteiger partial charge in [0.25, 0.3) is 0 Å². The van der Waals surface area contributed by atoms with Crippen molar-refractivity contribution >= 4 is 78.6 Å². The molecule has 0 amide bonds. The Morgan fingerprint density at radius 1 is 0.529 bits per heavy atom. The van der Waals surface area contributed by atoms with E-state index in [2.05, 4.69) is 0 Å². The predicted molar refractivity (Wildman–Crippen MR) is 60.7 cm³/mol. The fourth-order valence-electron chi connectivity index (χ4n) is 0. The van der Waals surface area contributed by atoms with Gasteiger partial charge in [0.05, 0.1) is 0 Å². The summed E-state index contributed by atoms with van der Waals surface area (Å²) in [4.78, 5) is 64.7. The maximum atomic E-state index is 8.88. The van der Waals surface area contributed by atoms with E-state index in [0.29, 0.717) is 0 Å². The van der Waals surface area contributed by atoms with Gasteiger partial charge < -0.3 is 46.9 Å². The Bertz CT molecular complexity index is 217. The van der Waals surface area contributed by atoms with Crippen molar-refractivity contribution in [3.63, 3.8) is 0 Å². The smallest absolute Gasteiger partial charge is 1.00 e. The first-order valence-electron chi connectivity index (χ1n) is 2.35. The van der Waals surface area contributed by atoms with E-state index in [1.807, 2.05) is 0 Å². The van der Waals surface area contributed by atoms with Crippen molar-refractivity contribution in [3.05, 3.63) is 0 Å².